The van der Waals surface area contributed by atoms with Crippen molar-refractivity contribution in [3.05, 3.63) is 53.6 Å². The molecule has 2 aliphatic heterocycles. The Hall–Kier alpha value is -2.32. The van der Waals surface area contributed by atoms with Crippen molar-refractivity contribution in [3.63, 3.8) is 0 Å². The van der Waals surface area contributed by atoms with E-state index in [2.05, 4.69) is 40.2 Å². The first-order chi connectivity index (χ1) is 15.4. The van der Waals surface area contributed by atoms with Crippen molar-refractivity contribution in [1.82, 2.24) is 16.0 Å². The number of hydrogen-bond acceptors (Lipinski definition) is 4. The monoisotopic (exact) mass is 508 g/mol. The highest BCUT2D eigenvalue weighted by molar-refractivity contribution is 5.94. The highest BCUT2D eigenvalue weighted by Crippen LogP contribution is 2.39. The zero-order chi connectivity index (χ0) is 22.7. The van der Waals surface area contributed by atoms with Crippen LogP contribution in [0.2, 0.25) is 0 Å². The second-order valence-electron chi connectivity index (χ2n) is 8.85. The lowest BCUT2D eigenvalue weighted by atomic mass is 9.89. The van der Waals surface area contributed by atoms with Crippen LogP contribution >= 0.6 is 24.8 Å². The van der Waals surface area contributed by atoms with E-state index in [9.17, 15) is 14.7 Å². The number of carboxylic acid groups (broad SMARTS) is 1. The van der Waals surface area contributed by atoms with E-state index in [-0.39, 0.29) is 42.8 Å². The van der Waals surface area contributed by atoms with Crippen molar-refractivity contribution in [1.29, 1.82) is 0 Å². The van der Waals surface area contributed by atoms with Crippen LogP contribution in [0.3, 0.4) is 0 Å². The van der Waals surface area contributed by atoms with Crippen LogP contribution in [-0.4, -0.2) is 42.3 Å². The number of hydrogen-bond donors (Lipinski definition) is 4. The number of nitrogens with zero attached hydrogens (tertiary/aromatic N) is 1. The summed E-state index contributed by atoms with van der Waals surface area (Å²) in [6.45, 7) is 6.51. The molecule has 1 saturated heterocycles. The molecule has 0 bridgehead atoms. The summed E-state index contributed by atoms with van der Waals surface area (Å²) in [5.41, 5.74) is 4.95. The average molecular weight is 509 g/mol. The molecule has 4 N–H and O–H groups in total. The fraction of sp³-hybridized carbons (Fsp3) is 0.440. The van der Waals surface area contributed by atoms with Crippen molar-refractivity contribution in [2.24, 2.45) is 0 Å². The maximum Gasteiger partial charge on any atom is 0.405 e. The van der Waals surface area contributed by atoms with E-state index in [0.717, 1.165) is 54.9 Å². The number of benzene rings is 2. The summed E-state index contributed by atoms with van der Waals surface area (Å²) in [7, 11) is 0. The zero-order valence-corrected chi connectivity index (χ0v) is 21.2. The van der Waals surface area contributed by atoms with Gasteiger partial charge < -0.3 is 26.0 Å². The van der Waals surface area contributed by atoms with E-state index < -0.39 is 6.09 Å². The maximum atomic E-state index is 12.2. The summed E-state index contributed by atoms with van der Waals surface area (Å²) in [6.07, 6.45) is 1.81. The van der Waals surface area contributed by atoms with Crippen LogP contribution in [-0.2, 0) is 11.3 Å². The summed E-state index contributed by atoms with van der Waals surface area (Å²) >= 11 is 0. The molecule has 2 aromatic carbocycles. The molecule has 0 saturated carbocycles. The molecule has 0 aromatic heterocycles. The molecule has 4 rings (SSSR count). The van der Waals surface area contributed by atoms with E-state index in [0.29, 0.717) is 12.5 Å². The number of amides is 2. The standard InChI is InChI=1S/C25H32N4O3.2ClH/c1-16-13-23(28-25(31)32)22-14-20(7-8-24(22)29(16)17(2)30)19-5-3-18(4-6-19)15-27-21-9-11-26-12-10-21;;/h3-8,14,16,21,23,26-28H,9-13,15H2,1-2H3,(H,31,32);2*1H/t16-,23+;;/m1../s1. The average Bonchev–Trinajstić information content (AvgIpc) is 2.78. The predicted molar refractivity (Wildman–Crippen MR) is 140 cm³/mol. The van der Waals surface area contributed by atoms with Crippen molar-refractivity contribution in [3.8, 4) is 11.1 Å². The van der Waals surface area contributed by atoms with Gasteiger partial charge in [0.15, 0.2) is 0 Å². The van der Waals surface area contributed by atoms with Gasteiger partial charge in [-0.1, -0.05) is 30.3 Å². The first kappa shape index (κ1) is 27.9. The van der Waals surface area contributed by atoms with Gasteiger partial charge in [0, 0.05) is 31.2 Å². The Morgan fingerprint density at radius 2 is 1.71 bits per heavy atom. The SMILES string of the molecule is CC(=O)N1c2ccc(-c3ccc(CNC4CCNCC4)cc3)cc2[C@@H](NC(=O)O)C[C@H]1C.Cl.Cl. The van der Waals surface area contributed by atoms with Gasteiger partial charge in [-0.05, 0) is 73.7 Å². The third kappa shape index (κ3) is 6.42. The number of nitrogens with one attached hydrogen (secondary N) is 3. The van der Waals surface area contributed by atoms with Crippen LogP contribution < -0.4 is 20.9 Å². The minimum atomic E-state index is -1.06. The second kappa shape index (κ2) is 12.4. The smallest absolute Gasteiger partial charge is 0.405 e. The molecule has 2 aliphatic rings. The van der Waals surface area contributed by atoms with E-state index in [4.69, 9.17) is 0 Å². The van der Waals surface area contributed by atoms with Gasteiger partial charge in [0.2, 0.25) is 5.91 Å². The van der Waals surface area contributed by atoms with Gasteiger partial charge >= 0.3 is 6.09 Å². The largest absolute Gasteiger partial charge is 0.465 e. The molecule has 34 heavy (non-hydrogen) atoms. The van der Waals surface area contributed by atoms with Gasteiger partial charge in [-0.2, -0.15) is 0 Å². The third-order valence-corrected chi connectivity index (χ3v) is 6.54. The van der Waals surface area contributed by atoms with Gasteiger partial charge in [-0.25, -0.2) is 4.79 Å². The lowest BCUT2D eigenvalue weighted by Gasteiger charge is -2.39. The Morgan fingerprint density at radius 1 is 1.06 bits per heavy atom. The van der Waals surface area contributed by atoms with Crippen LogP contribution in [0.5, 0.6) is 0 Å². The minimum Gasteiger partial charge on any atom is -0.465 e. The van der Waals surface area contributed by atoms with E-state index in [1.807, 2.05) is 25.1 Å². The number of carbonyl (C=O) groups is 2. The van der Waals surface area contributed by atoms with Gasteiger partial charge in [0.25, 0.3) is 0 Å². The summed E-state index contributed by atoms with van der Waals surface area (Å²) in [4.78, 5) is 25.4. The van der Waals surface area contributed by atoms with Crippen molar-refractivity contribution < 1.29 is 14.7 Å². The van der Waals surface area contributed by atoms with Gasteiger partial charge in [0.05, 0.1) is 6.04 Å². The molecule has 1 fully saturated rings. The summed E-state index contributed by atoms with van der Waals surface area (Å²) in [6, 6.07) is 14.6. The zero-order valence-electron chi connectivity index (χ0n) is 19.5. The maximum absolute atomic E-state index is 12.2. The van der Waals surface area contributed by atoms with Gasteiger partial charge in [-0.15, -0.1) is 24.8 Å². The van der Waals surface area contributed by atoms with Crippen molar-refractivity contribution >= 4 is 42.5 Å². The number of rotatable bonds is 5. The summed E-state index contributed by atoms with van der Waals surface area (Å²) in [5, 5.41) is 19.0. The lowest BCUT2D eigenvalue weighted by molar-refractivity contribution is -0.117. The van der Waals surface area contributed by atoms with Crippen LogP contribution in [0.4, 0.5) is 10.5 Å². The van der Waals surface area contributed by atoms with Crippen LogP contribution in [0.25, 0.3) is 11.1 Å². The second-order valence-corrected chi connectivity index (χ2v) is 8.85. The predicted octanol–water partition coefficient (Wildman–Crippen LogP) is 4.49. The number of carbonyl (C=O) groups excluding carboxylic acids is 1. The van der Waals surface area contributed by atoms with Gasteiger partial charge in [0.1, 0.15) is 0 Å². The molecule has 2 aromatic rings. The van der Waals surface area contributed by atoms with Crippen LogP contribution in [0.15, 0.2) is 42.5 Å². The number of anilines is 1. The molecule has 9 heteroatoms. The highest BCUT2D eigenvalue weighted by atomic mass is 35.5. The topological polar surface area (TPSA) is 93.7 Å². The quantitative estimate of drug-likeness (QED) is 0.477. The molecule has 7 nitrogen and oxygen atoms in total. The fourth-order valence-electron chi connectivity index (χ4n) is 4.91. The fourth-order valence-corrected chi connectivity index (χ4v) is 4.91. The number of halogens is 2. The Kier molecular flexibility index (Phi) is 10.2. The lowest BCUT2D eigenvalue weighted by Crippen LogP contribution is -2.45. The molecule has 2 atom stereocenters. The van der Waals surface area contributed by atoms with E-state index in [1.165, 1.54) is 5.56 Å². The molecule has 2 heterocycles. The summed E-state index contributed by atoms with van der Waals surface area (Å²) in [5.74, 6) is -0.0362. The Balaban J connectivity index is 0.00000204. The minimum absolute atomic E-state index is 0. The van der Waals surface area contributed by atoms with Crippen LogP contribution in [0, 0.1) is 0 Å². The third-order valence-electron chi connectivity index (χ3n) is 6.54. The number of piperidine rings is 1. The first-order valence-electron chi connectivity index (χ1n) is 11.4. The molecule has 0 radical (unpaired) electrons. The first-order valence-corrected chi connectivity index (χ1v) is 11.4. The highest BCUT2D eigenvalue weighted by Gasteiger charge is 2.33. The Bertz CT molecular complexity index is 981. The van der Waals surface area contributed by atoms with E-state index >= 15 is 0 Å². The normalized spacial score (nSPS) is 19.9. The molecule has 0 aliphatic carbocycles. The molecule has 0 spiro atoms. The Labute approximate surface area is 213 Å². The molecule has 0 unspecified atom stereocenters. The molecular weight excluding hydrogens is 475 g/mol. The van der Waals surface area contributed by atoms with Crippen molar-refractivity contribution in [2.45, 2.75) is 57.8 Å². The molecule has 2 amide bonds. The van der Waals surface area contributed by atoms with Crippen molar-refractivity contribution in [2.75, 3.05) is 18.0 Å². The number of fused-ring (bicyclic) bond motifs is 1. The Morgan fingerprint density at radius 3 is 2.32 bits per heavy atom. The molecule has 186 valence electrons. The van der Waals surface area contributed by atoms with Gasteiger partial charge in [-0.3, -0.25) is 4.79 Å². The molecular formula is C25H34Cl2N4O3. The summed E-state index contributed by atoms with van der Waals surface area (Å²) < 4.78 is 0. The van der Waals surface area contributed by atoms with Crippen LogP contribution in [0.1, 0.15) is 50.3 Å². The van der Waals surface area contributed by atoms with E-state index in [1.54, 1.807) is 11.8 Å².